The van der Waals surface area contributed by atoms with Gasteiger partial charge in [-0.2, -0.15) is 0 Å². The molecular formula is C18H29N3O2S. The lowest BCUT2D eigenvalue weighted by molar-refractivity contribution is -0.127. The first-order valence-corrected chi connectivity index (χ1v) is 9.54. The van der Waals surface area contributed by atoms with Crippen molar-refractivity contribution in [3.05, 3.63) is 35.4 Å². The van der Waals surface area contributed by atoms with Crippen molar-refractivity contribution < 1.29 is 9.53 Å². The van der Waals surface area contributed by atoms with Crippen LogP contribution in [0.1, 0.15) is 30.9 Å². The molecule has 3 atom stereocenters. The number of methoxy groups -OCH3 is 1. The Labute approximate surface area is 149 Å². The molecule has 2 rings (SSSR count). The van der Waals surface area contributed by atoms with Gasteiger partial charge in [-0.25, -0.2) is 0 Å². The molecular weight excluding hydrogens is 322 g/mol. The van der Waals surface area contributed by atoms with Crippen molar-refractivity contribution in [2.24, 2.45) is 5.92 Å². The molecule has 1 aliphatic rings. The highest BCUT2D eigenvalue weighted by atomic mass is 32.2. The molecule has 1 saturated heterocycles. The maximum absolute atomic E-state index is 12.4. The summed E-state index contributed by atoms with van der Waals surface area (Å²) in [5, 5.41) is 6.56. The molecule has 3 N–H and O–H groups in total. The van der Waals surface area contributed by atoms with Gasteiger partial charge < -0.3 is 15.4 Å². The first kappa shape index (κ1) is 19.2. The Bertz CT molecular complexity index is 503. The van der Waals surface area contributed by atoms with Crippen LogP contribution in [0.5, 0.6) is 0 Å². The van der Waals surface area contributed by atoms with Gasteiger partial charge >= 0.3 is 0 Å². The van der Waals surface area contributed by atoms with Crippen molar-refractivity contribution in [2.75, 3.05) is 20.7 Å². The average molecular weight is 352 g/mol. The summed E-state index contributed by atoms with van der Waals surface area (Å²) in [6.07, 6.45) is 2.15. The third kappa shape index (κ3) is 5.48. The number of nitrogens with one attached hydrogen (secondary N) is 3. The molecule has 1 fully saturated rings. The molecule has 6 heteroatoms. The molecule has 0 aromatic heterocycles. The predicted molar refractivity (Wildman–Crippen MR) is 99.6 cm³/mol. The summed E-state index contributed by atoms with van der Waals surface area (Å²) < 4.78 is 8.55. The van der Waals surface area contributed by atoms with Gasteiger partial charge in [-0.15, -0.1) is 0 Å². The van der Waals surface area contributed by atoms with E-state index in [4.69, 9.17) is 4.74 Å². The van der Waals surface area contributed by atoms with Crippen LogP contribution in [0.15, 0.2) is 24.3 Å². The smallest absolute Gasteiger partial charge is 0.235 e. The van der Waals surface area contributed by atoms with E-state index in [1.54, 1.807) is 7.11 Å². The summed E-state index contributed by atoms with van der Waals surface area (Å²) in [6.45, 7) is 3.82. The minimum atomic E-state index is -0.170. The molecule has 1 aromatic carbocycles. The van der Waals surface area contributed by atoms with E-state index in [0.717, 1.165) is 31.7 Å². The molecule has 5 nitrogen and oxygen atoms in total. The van der Waals surface area contributed by atoms with Crippen molar-refractivity contribution in [3.8, 4) is 0 Å². The van der Waals surface area contributed by atoms with Gasteiger partial charge in [0.05, 0.1) is 12.0 Å². The zero-order chi connectivity index (χ0) is 17.4. The fourth-order valence-corrected chi connectivity index (χ4v) is 3.86. The summed E-state index contributed by atoms with van der Waals surface area (Å²) >= 11 is 1.44. The van der Waals surface area contributed by atoms with Gasteiger partial charge in [0.15, 0.2) is 0 Å². The Morgan fingerprint density at radius 3 is 2.67 bits per heavy atom. The Kier molecular flexibility index (Phi) is 8.05. The van der Waals surface area contributed by atoms with E-state index in [2.05, 4.69) is 39.6 Å². The molecule has 24 heavy (non-hydrogen) atoms. The van der Waals surface area contributed by atoms with Gasteiger partial charge in [0, 0.05) is 25.4 Å². The van der Waals surface area contributed by atoms with Gasteiger partial charge in [-0.1, -0.05) is 31.2 Å². The van der Waals surface area contributed by atoms with Crippen molar-refractivity contribution >= 4 is 17.9 Å². The Balaban J connectivity index is 1.77. The normalized spacial score (nSPS) is 19.9. The zero-order valence-corrected chi connectivity index (χ0v) is 15.6. The maximum atomic E-state index is 12.4. The zero-order valence-electron chi connectivity index (χ0n) is 14.8. The standard InChI is InChI=1S/C18H29N3O2S/c1-13(17(23-3)16-5-4-10-20-16)18(22)21-24-12-15-8-6-14(7-9-15)11-19-2/h6-9,13,16-17,19-20H,4-5,10-12H2,1-3H3,(H,21,22). The monoisotopic (exact) mass is 351 g/mol. The van der Waals surface area contributed by atoms with E-state index in [9.17, 15) is 4.79 Å². The third-order valence-corrected chi connectivity index (χ3v) is 5.31. The average Bonchev–Trinajstić information content (AvgIpc) is 3.11. The number of hydrogen-bond acceptors (Lipinski definition) is 5. The number of hydrogen-bond donors (Lipinski definition) is 3. The number of amides is 1. The largest absolute Gasteiger partial charge is 0.379 e. The van der Waals surface area contributed by atoms with Gasteiger partial charge in [-0.3, -0.25) is 9.52 Å². The van der Waals surface area contributed by atoms with Crippen molar-refractivity contribution in [3.63, 3.8) is 0 Å². The highest BCUT2D eigenvalue weighted by Gasteiger charge is 2.32. The second-order valence-electron chi connectivity index (χ2n) is 6.29. The second-order valence-corrected chi connectivity index (χ2v) is 7.08. The van der Waals surface area contributed by atoms with Crippen LogP contribution in [0.25, 0.3) is 0 Å². The molecule has 0 bridgehead atoms. The van der Waals surface area contributed by atoms with Crippen LogP contribution in [0.3, 0.4) is 0 Å². The summed E-state index contributed by atoms with van der Waals surface area (Å²) in [5.41, 5.74) is 2.46. The lowest BCUT2D eigenvalue weighted by Gasteiger charge is -2.27. The Morgan fingerprint density at radius 1 is 1.38 bits per heavy atom. The maximum Gasteiger partial charge on any atom is 0.235 e. The van der Waals surface area contributed by atoms with E-state index in [1.165, 1.54) is 23.1 Å². The summed E-state index contributed by atoms with van der Waals surface area (Å²) in [6, 6.07) is 8.72. The van der Waals surface area contributed by atoms with Crippen molar-refractivity contribution in [2.45, 2.75) is 44.2 Å². The highest BCUT2D eigenvalue weighted by molar-refractivity contribution is 7.97. The summed E-state index contributed by atoms with van der Waals surface area (Å²) in [4.78, 5) is 12.4. The Morgan fingerprint density at radius 2 is 2.08 bits per heavy atom. The first-order chi connectivity index (χ1) is 11.7. The van der Waals surface area contributed by atoms with E-state index >= 15 is 0 Å². The molecule has 1 aliphatic heterocycles. The fourth-order valence-electron chi connectivity index (χ4n) is 3.10. The molecule has 3 unspecified atom stereocenters. The van der Waals surface area contributed by atoms with Crippen LogP contribution in [-0.2, 0) is 21.8 Å². The van der Waals surface area contributed by atoms with Crippen LogP contribution in [0.2, 0.25) is 0 Å². The van der Waals surface area contributed by atoms with Crippen LogP contribution in [-0.4, -0.2) is 38.8 Å². The van der Waals surface area contributed by atoms with E-state index in [1.807, 2.05) is 14.0 Å². The van der Waals surface area contributed by atoms with Gasteiger partial charge in [-0.05, 0) is 49.5 Å². The molecule has 1 aromatic rings. The number of rotatable bonds is 9. The fraction of sp³-hybridized carbons (Fsp3) is 0.611. The number of ether oxygens (including phenoxy) is 1. The number of carbonyl (C=O) groups is 1. The summed E-state index contributed by atoms with van der Waals surface area (Å²) in [5.74, 6) is 0.626. The number of benzene rings is 1. The van der Waals surface area contributed by atoms with Gasteiger partial charge in [0.1, 0.15) is 0 Å². The molecule has 0 aliphatic carbocycles. The Hall–Kier alpha value is -1.08. The molecule has 0 radical (unpaired) electrons. The second kappa shape index (κ2) is 10.0. The SMILES string of the molecule is CNCc1ccc(CSNC(=O)C(C)C(OC)C2CCCN2)cc1. The topological polar surface area (TPSA) is 62.4 Å². The van der Waals surface area contributed by atoms with Crippen molar-refractivity contribution in [1.82, 2.24) is 15.4 Å². The van der Waals surface area contributed by atoms with Crippen molar-refractivity contribution in [1.29, 1.82) is 0 Å². The lowest BCUT2D eigenvalue weighted by Crippen LogP contribution is -2.45. The van der Waals surface area contributed by atoms with Crippen LogP contribution in [0, 0.1) is 5.92 Å². The van der Waals surface area contributed by atoms with E-state index in [-0.39, 0.29) is 24.0 Å². The minimum Gasteiger partial charge on any atom is -0.379 e. The third-order valence-electron chi connectivity index (χ3n) is 4.49. The first-order valence-electron chi connectivity index (χ1n) is 8.56. The van der Waals surface area contributed by atoms with Crippen LogP contribution in [0.4, 0.5) is 0 Å². The lowest BCUT2D eigenvalue weighted by atomic mass is 9.96. The van der Waals surface area contributed by atoms with Crippen LogP contribution < -0.4 is 15.4 Å². The minimum absolute atomic E-state index is 0.0346. The summed E-state index contributed by atoms with van der Waals surface area (Å²) in [7, 11) is 3.63. The van der Waals surface area contributed by atoms with Gasteiger partial charge in [0.2, 0.25) is 5.91 Å². The molecule has 0 spiro atoms. The van der Waals surface area contributed by atoms with Gasteiger partial charge in [0.25, 0.3) is 0 Å². The highest BCUT2D eigenvalue weighted by Crippen LogP contribution is 2.20. The van der Waals surface area contributed by atoms with E-state index in [0.29, 0.717) is 0 Å². The molecule has 1 heterocycles. The molecule has 1 amide bonds. The quantitative estimate of drug-likeness (QED) is 0.595. The van der Waals surface area contributed by atoms with E-state index < -0.39 is 0 Å². The molecule has 134 valence electrons. The molecule has 0 saturated carbocycles. The van der Waals surface area contributed by atoms with Crippen LogP contribution >= 0.6 is 11.9 Å². The number of carbonyl (C=O) groups excluding carboxylic acids is 1. The predicted octanol–water partition coefficient (Wildman–Crippen LogP) is 2.07.